The molecule has 22 heavy (non-hydrogen) atoms. The van der Waals surface area contributed by atoms with Gasteiger partial charge in [0.15, 0.2) is 0 Å². The van der Waals surface area contributed by atoms with E-state index in [0.717, 1.165) is 19.3 Å². The number of hydrogen-bond donors (Lipinski definition) is 0. The topological polar surface area (TPSA) is 26.3 Å². The molecule has 2 aliphatic heterocycles. The van der Waals surface area contributed by atoms with Crippen LogP contribution in [0, 0.1) is 5.92 Å². The Labute approximate surface area is 131 Å². The molecule has 2 aliphatic rings. The molecule has 2 nitrogen and oxygen atoms in total. The minimum atomic E-state index is 0.0462. The van der Waals surface area contributed by atoms with Gasteiger partial charge in [-0.15, -0.1) is 0 Å². The molecule has 2 heteroatoms. The minimum Gasteiger partial charge on any atom is -0.374 e. The Morgan fingerprint density at radius 2 is 1.95 bits per heavy atom. The molecule has 0 radical (unpaired) electrons. The highest BCUT2D eigenvalue weighted by atomic mass is 16.5. The van der Waals surface area contributed by atoms with Crippen LogP contribution >= 0.6 is 0 Å². The second kappa shape index (κ2) is 5.51. The SMILES string of the molecule is CCC(=O)[C@@H]1[C@H]2CCC(C[C@H]1c1ccc3ccccc3c1)O2. The number of hydrogen-bond acceptors (Lipinski definition) is 2. The van der Waals surface area contributed by atoms with E-state index in [-0.39, 0.29) is 12.0 Å². The van der Waals surface area contributed by atoms with Crippen molar-refractivity contribution < 1.29 is 9.53 Å². The van der Waals surface area contributed by atoms with Crippen LogP contribution in [0.2, 0.25) is 0 Å². The molecular formula is C20H22O2. The molecule has 2 heterocycles. The summed E-state index contributed by atoms with van der Waals surface area (Å²) >= 11 is 0. The summed E-state index contributed by atoms with van der Waals surface area (Å²) in [7, 11) is 0. The average molecular weight is 294 g/mol. The summed E-state index contributed by atoms with van der Waals surface area (Å²) in [5, 5.41) is 2.53. The third-order valence-corrected chi connectivity index (χ3v) is 5.41. The van der Waals surface area contributed by atoms with Crippen molar-refractivity contribution in [2.45, 2.75) is 50.7 Å². The van der Waals surface area contributed by atoms with E-state index in [1.54, 1.807) is 0 Å². The molecular weight excluding hydrogens is 272 g/mol. The van der Waals surface area contributed by atoms with E-state index in [0.29, 0.717) is 24.2 Å². The molecule has 2 fully saturated rings. The van der Waals surface area contributed by atoms with E-state index in [2.05, 4.69) is 42.5 Å². The second-order valence-corrected chi connectivity index (χ2v) is 6.67. The van der Waals surface area contributed by atoms with Gasteiger partial charge >= 0.3 is 0 Å². The Hall–Kier alpha value is -1.67. The van der Waals surface area contributed by atoms with Crippen molar-refractivity contribution >= 4 is 16.6 Å². The second-order valence-electron chi connectivity index (χ2n) is 6.67. The molecule has 0 aromatic heterocycles. The fraction of sp³-hybridized carbons (Fsp3) is 0.450. The first-order valence-electron chi connectivity index (χ1n) is 8.43. The summed E-state index contributed by atoms with van der Waals surface area (Å²) < 4.78 is 6.05. The van der Waals surface area contributed by atoms with Crippen molar-refractivity contribution in [2.24, 2.45) is 5.92 Å². The Kier molecular flexibility index (Phi) is 3.50. The van der Waals surface area contributed by atoms with Crippen LogP contribution in [0.15, 0.2) is 42.5 Å². The number of Topliss-reactive ketones (excluding diaryl/α,β-unsaturated/α-hetero) is 1. The summed E-state index contributed by atoms with van der Waals surface area (Å²) in [6.07, 6.45) is 4.25. The molecule has 1 unspecified atom stereocenters. The molecule has 0 amide bonds. The van der Waals surface area contributed by atoms with E-state index < -0.39 is 0 Å². The number of rotatable bonds is 3. The standard InChI is InChI=1S/C20H22O2/c1-2-18(21)20-17(12-16-9-10-19(20)22-16)15-8-7-13-5-3-4-6-14(13)11-15/h3-8,11,16-17,19-20H,2,9-10,12H2,1H3/t16?,17-,19+,20+/m0/s1. The maximum atomic E-state index is 12.5. The van der Waals surface area contributed by atoms with Gasteiger partial charge < -0.3 is 4.74 Å². The van der Waals surface area contributed by atoms with E-state index in [9.17, 15) is 4.79 Å². The third kappa shape index (κ3) is 2.26. The summed E-state index contributed by atoms with van der Waals surface area (Å²) in [4.78, 5) is 12.5. The molecule has 2 saturated heterocycles. The first-order valence-corrected chi connectivity index (χ1v) is 8.43. The summed E-state index contributed by atoms with van der Waals surface area (Å²) in [5.74, 6) is 0.733. The number of carbonyl (C=O) groups excluding carboxylic acids is 1. The number of ether oxygens (including phenoxy) is 1. The maximum absolute atomic E-state index is 12.5. The summed E-state index contributed by atoms with van der Waals surface area (Å²) in [6.45, 7) is 1.97. The fourth-order valence-corrected chi connectivity index (χ4v) is 4.31. The van der Waals surface area contributed by atoms with Crippen molar-refractivity contribution in [2.75, 3.05) is 0 Å². The zero-order valence-electron chi connectivity index (χ0n) is 13.0. The highest BCUT2D eigenvalue weighted by Gasteiger charge is 2.46. The van der Waals surface area contributed by atoms with Crippen molar-refractivity contribution in [3.8, 4) is 0 Å². The average Bonchev–Trinajstić information content (AvgIpc) is 2.95. The molecule has 2 bridgehead atoms. The van der Waals surface area contributed by atoms with Gasteiger partial charge in [0.2, 0.25) is 0 Å². The molecule has 0 N–H and O–H groups in total. The smallest absolute Gasteiger partial charge is 0.138 e. The van der Waals surface area contributed by atoms with Crippen molar-refractivity contribution in [3.05, 3.63) is 48.0 Å². The normalized spacial score (nSPS) is 30.6. The summed E-state index contributed by atoms with van der Waals surface area (Å²) in [6, 6.07) is 15.1. The predicted octanol–water partition coefficient (Wildman–Crippen LogP) is 4.47. The molecule has 0 aliphatic carbocycles. The van der Waals surface area contributed by atoms with Crippen molar-refractivity contribution in [3.63, 3.8) is 0 Å². The molecule has 2 aromatic carbocycles. The quantitative estimate of drug-likeness (QED) is 0.835. The van der Waals surface area contributed by atoms with Crippen LogP contribution < -0.4 is 0 Å². The maximum Gasteiger partial charge on any atom is 0.138 e. The molecule has 0 spiro atoms. The first-order chi connectivity index (χ1) is 10.8. The van der Waals surface area contributed by atoms with Gasteiger partial charge in [0.25, 0.3) is 0 Å². The van der Waals surface area contributed by atoms with E-state index in [4.69, 9.17) is 4.74 Å². The molecule has 0 saturated carbocycles. The van der Waals surface area contributed by atoms with Crippen LogP contribution in [-0.2, 0) is 9.53 Å². The van der Waals surface area contributed by atoms with Crippen LogP contribution in [0.1, 0.15) is 44.1 Å². The van der Waals surface area contributed by atoms with E-state index >= 15 is 0 Å². The number of ketones is 1. The highest BCUT2D eigenvalue weighted by Crippen LogP contribution is 2.46. The lowest BCUT2D eigenvalue weighted by atomic mass is 9.76. The largest absolute Gasteiger partial charge is 0.374 e. The third-order valence-electron chi connectivity index (χ3n) is 5.41. The van der Waals surface area contributed by atoms with Gasteiger partial charge in [-0.05, 0) is 41.5 Å². The number of fused-ring (bicyclic) bond motifs is 3. The van der Waals surface area contributed by atoms with Crippen molar-refractivity contribution in [1.82, 2.24) is 0 Å². The molecule has 2 aromatic rings. The number of carbonyl (C=O) groups is 1. The zero-order valence-corrected chi connectivity index (χ0v) is 13.0. The number of benzene rings is 2. The lowest BCUT2D eigenvalue weighted by Crippen LogP contribution is -2.38. The van der Waals surface area contributed by atoms with E-state index in [1.165, 1.54) is 16.3 Å². The molecule has 4 atom stereocenters. The van der Waals surface area contributed by atoms with E-state index in [1.807, 2.05) is 6.92 Å². The lowest BCUT2D eigenvalue weighted by molar-refractivity contribution is -0.133. The Morgan fingerprint density at radius 3 is 2.77 bits per heavy atom. The van der Waals surface area contributed by atoms with Gasteiger partial charge in [0, 0.05) is 6.42 Å². The van der Waals surface area contributed by atoms with Gasteiger partial charge in [-0.3, -0.25) is 4.79 Å². The zero-order chi connectivity index (χ0) is 15.1. The van der Waals surface area contributed by atoms with Gasteiger partial charge in [0.05, 0.1) is 18.1 Å². The van der Waals surface area contributed by atoms with Crippen LogP contribution in [-0.4, -0.2) is 18.0 Å². The molecule has 4 rings (SSSR count). The Balaban J connectivity index is 1.75. The Bertz CT molecular complexity index is 706. The lowest BCUT2D eigenvalue weighted by Gasteiger charge is -2.36. The van der Waals surface area contributed by atoms with Gasteiger partial charge in [-0.25, -0.2) is 0 Å². The Morgan fingerprint density at radius 1 is 1.14 bits per heavy atom. The highest BCUT2D eigenvalue weighted by molar-refractivity contribution is 5.85. The minimum absolute atomic E-state index is 0.0462. The predicted molar refractivity (Wildman–Crippen MR) is 88.0 cm³/mol. The van der Waals surface area contributed by atoms with Gasteiger partial charge in [-0.2, -0.15) is 0 Å². The monoisotopic (exact) mass is 294 g/mol. The van der Waals surface area contributed by atoms with Crippen LogP contribution in [0.5, 0.6) is 0 Å². The van der Waals surface area contributed by atoms with Crippen LogP contribution in [0.25, 0.3) is 10.8 Å². The van der Waals surface area contributed by atoms with Crippen LogP contribution in [0.3, 0.4) is 0 Å². The van der Waals surface area contributed by atoms with Crippen molar-refractivity contribution in [1.29, 1.82) is 0 Å². The van der Waals surface area contributed by atoms with Gasteiger partial charge in [0.1, 0.15) is 5.78 Å². The summed E-state index contributed by atoms with van der Waals surface area (Å²) in [5.41, 5.74) is 1.31. The van der Waals surface area contributed by atoms with Crippen LogP contribution in [0.4, 0.5) is 0 Å². The molecule has 114 valence electrons. The first kappa shape index (κ1) is 14.0. The van der Waals surface area contributed by atoms with Gasteiger partial charge in [-0.1, -0.05) is 49.4 Å². The fourth-order valence-electron chi connectivity index (χ4n) is 4.31.